The molecular weight excluding hydrogens is 284 g/mol. The maximum Gasteiger partial charge on any atom is 0.246 e. The minimum Gasteiger partial charge on any atom is -0.322 e. The molecule has 2 N–H and O–H groups in total. The lowest BCUT2D eigenvalue weighted by molar-refractivity contribution is -0.121. The lowest BCUT2D eigenvalue weighted by Gasteiger charge is -2.33. The van der Waals surface area contributed by atoms with E-state index in [1.165, 1.54) is 0 Å². The average molecular weight is 302 g/mol. The second kappa shape index (κ2) is 6.78. The highest BCUT2D eigenvalue weighted by atomic mass is 32.2. The van der Waals surface area contributed by atoms with Gasteiger partial charge in [0.15, 0.2) is 0 Å². The van der Waals surface area contributed by atoms with Crippen LogP contribution in [0.2, 0.25) is 0 Å². The van der Waals surface area contributed by atoms with E-state index in [9.17, 15) is 4.79 Å². The normalized spacial score (nSPS) is 17.3. The third-order valence-corrected chi connectivity index (χ3v) is 4.48. The molecule has 0 aliphatic carbocycles. The smallest absolute Gasteiger partial charge is 0.246 e. The Morgan fingerprint density at radius 1 is 1.29 bits per heavy atom. The number of benzene rings is 1. The summed E-state index contributed by atoms with van der Waals surface area (Å²) in [4.78, 5) is 15.0. The van der Waals surface area contributed by atoms with Crippen LogP contribution in [0.1, 0.15) is 11.6 Å². The Labute approximate surface area is 128 Å². The highest BCUT2D eigenvalue weighted by Crippen LogP contribution is 2.25. The number of hydrogen-bond donors (Lipinski definition) is 2. The number of carbonyl (C=O) groups is 1. The summed E-state index contributed by atoms with van der Waals surface area (Å²) in [6.45, 7) is 1.87. The van der Waals surface area contributed by atoms with Gasteiger partial charge in [-0.05, 0) is 5.56 Å². The van der Waals surface area contributed by atoms with E-state index in [-0.39, 0.29) is 11.9 Å². The van der Waals surface area contributed by atoms with Gasteiger partial charge in [0, 0.05) is 30.8 Å². The van der Waals surface area contributed by atoms with Gasteiger partial charge in [0.05, 0.1) is 11.9 Å². The number of anilines is 1. The predicted molar refractivity (Wildman–Crippen MR) is 85.3 cm³/mol. The van der Waals surface area contributed by atoms with E-state index in [1.807, 2.05) is 42.1 Å². The molecule has 0 saturated carbocycles. The number of amides is 1. The van der Waals surface area contributed by atoms with Crippen molar-refractivity contribution in [3.05, 3.63) is 48.3 Å². The number of rotatable bonds is 4. The van der Waals surface area contributed by atoms with Crippen molar-refractivity contribution in [1.82, 2.24) is 15.1 Å². The van der Waals surface area contributed by atoms with Crippen molar-refractivity contribution in [3.63, 3.8) is 0 Å². The zero-order valence-corrected chi connectivity index (χ0v) is 12.5. The van der Waals surface area contributed by atoms with E-state index in [0.29, 0.717) is 5.69 Å². The fourth-order valence-corrected chi connectivity index (χ4v) is 3.46. The number of nitrogens with one attached hydrogen (secondary N) is 2. The maximum absolute atomic E-state index is 12.7. The van der Waals surface area contributed by atoms with Crippen molar-refractivity contribution < 1.29 is 4.79 Å². The molecule has 2 aromatic rings. The molecular formula is C15H18N4OS. The first-order valence-corrected chi connectivity index (χ1v) is 8.16. The van der Waals surface area contributed by atoms with E-state index in [2.05, 4.69) is 20.4 Å². The first-order chi connectivity index (χ1) is 10.3. The van der Waals surface area contributed by atoms with Crippen molar-refractivity contribution >= 4 is 23.4 Å². The van der Waals surface area contributed by atoms with Gasteiger partial charge in [0.25, 0.3) is 0 Å². The van der Waals surface area contributed by atoms with E-state index in [4.69, 9.17) is 0 Å². The van der Waals surface area contributed by atoms with Crippen molar-refractivity contribution in [2.75, 3.05) is 29.9 Å². The second-order valence-electron chi connectivity index (χ2n) is 4.94. The molecule has 1 aliphatic heterocycles. The fourth-order valence-electron chi connectivity index (χ4n) is 2.53. The van der Waals surface area contributed by atoms with E-state index in [0.717, 1.165) is 30.2 Å². The molecule has 110 valence electrons. The Morgan fingerprint density at radius 3 is 2.71 bits per heavy atom. The third-order valence-electron chi connectivity index (χ3n) is 3.54. The number of H-pyrrole nitrogens is 1. The molecule has 1 amide bonds. The summed E-state index contributed by atoms with van der Waals surface area (Å²) < 4.78 is 0. The van der Waals surface area contributed by atoms with Gasteiger partial charge in [-0.2, -0.15) is 16.9 Å². The quantitative estimate of drug-likeness (QED) is 0.908. The zero-order valence-electron chi connectivity index (χ0n) is 11.7. The van der Waals surface area contributed by atoms with Crippen LogP contribution in [0.4, 0.5) is 5.69 Å². The SMILES string of the molecule is O=C(Nc1cn[nH]c1)C(c1ccccc1)N1CCSCC1. The van der Waals surface area contributed by atoms with Gasteiger partial charge >= 0.3 is 0 Å². The lowest BCUT2D eigenvalue weighted by Crippen LogP contribution is -2.41. The van der Waals surface area contributed by atoms with Crippen molar-refractivity contribution in [2.24, 2.45) is 0 Å². The first-order valence-electron chi connectivity index (χ1n) is 7.01. The predicted octanol–water partition coefficient (Wildman–Crippen LogP) is 2.14. The molecule has 2 heterocycles. The molecule has 3 rings (SSSR count). The summed E-state index contributed by atoms with van der Waals surface area (Å²) in [5.41, 5.74) is 1.73. The standard InChI is InChI=1S/C15H18N4OS/c20-15(18-13-10-16-17-11-13)14(12-4-2-1-3-5-12)19-6-8-21-9-7-19/h1-5,10-11,14H,6-9H2,(H,16,17)(H,18,20). The molecule has 1 fully saturated rings. The van der Waals surface area contributed by atoms with Crippen LogP contribution in [0.15, 0.2) is 42.7 Å². The molecule has 0 radical (unpaired) electrons. The van der Waals surface area contributed by atoms with Gasteiger partial charge in [-0.15, -0.1) is 0 Å². The molecule has 1 aromatic carbocycles. The monoisotopic (exact) mass is 302 g/mol. The lowest BCUT2D eigenvalue weighted by atomic mass is 10.0. The van der Waals surface area contributed by atoms with Gasteiger partial charge in [-0.3, -0.25) is 14.8 Å². The van der Waals surface area contributed by atoms with Crippen LogP contribution in [0.3, 0.4) is 0 Å². The number of aromatic nitrogens is 2. The van der Waals surface area contributed by atoms with Crippen LogP contribution in [-0.4, -0.2) is 45.6 Å². The largest absolute Gasteiger partial charge is 0.322 e. The van der Waals surface area contributed by atoms with Gasteiger partial charge < -0.3 is 5.32 Å². The molecule has 1 unspecified atom stereocenters. The van der Waals surface area contributed by atoms with Gasteiger partial charge in [0.2, 0.25) is 5.91 Å². The summed E-state index contributed by atoms with van der Waals surface area (Å²) >= 11 is 1.94. The molecule has 1 atom stereocenters. The number of nitrogens with zero attached hydrogens (tertiary/aromatic N) is 2. The summed E-state index contributed by atoms with van der Waals surface area (Å²) in [6, 6.07) is 9.71. The summed E-state index contributed by atoms with van der Waals surface area (Å²) in [6.07, 6.45) is 3.30. The number of hydrogen-bond acceptors (Lipinski definition) is 4. The third kappa shape index (κ3) is 3.46. The second-order valence-corrected chi connectivity index (χ2v) is 6.16. The molecule has 6 heteroatoms. The first kappa shape index (κ1) is 14.2. The summed E-state index contributed by atoms with van der Waals surface area (Å²) in [5, 5.41) is 9.51. The van der Waals surface area contributed by atoms with E-state index >= 15 is 0 Å². The minimum atomic E-state index is -0.248. The van der Waals surface area contributed by atoms with Crippen LogP contribution in [0.25, 0.3) is 0 Å². The Bertz CT molecular complexity index is 567. The van der Waals surface area contributed by atoms with E-state index < -0.39 is 0 Å². The molecule has 1 saturated heterocycles. The maximum atomic E-state index is 12.7. The summed E-state index contributed by atoms with van der Waals surface area (Å²) in [7, 11) is 0. The molecule has 1 aliphatic rings. The van der Waals surface area contributed by atoms with Crippen LogP contribution in [0, 0.1) is 0 Å². The fraction of sp³-hybridized carbons (Fsp3) is 0.333. The number of aromatic amines is 1. The molecule has 5 nitrogen and oxygen atoms in total. The number of thioether (sulfide) groups is 1. The van der Waals surface area contributed by atoms with Crippen LogP contribution >= 0.6 is 11.8 Å². The van der Waals surface area contributed by atoms with Gasteiger partial charge in [-0.25, -0.2) is 0 Å². The Kier molecular flexibility index (Phi) is 4.57. The van der Waals surface area contributed by atoms with Crippen molar-refractivity contribution in [3.8, 4) is 0 Å². The van der Waals surface area contributed by atoms with Crippen LogP contribution in [0.5, 0.6) is 0 Å². The Hall–Kier alpha value is -1.79. The minimum absolute atomic E-state index is 0.00509. The molecule has 0 spiro atoms. The Morgan fingerprint density at radius 2 is 2.05 bits per heavy atom. The van der Waals surface area contributed by atoms with Gasteiger partial charge in [-0.1, -0.05) is 30.3 Å². The van der Waals surface area contributed by atoms with E-state index in [1.54, 1.807) is 12.4 Å². The van der Waals surface area contributed by atoms with Crippen molar-refractivity contribution in [2.45, 2.75) is 6.04 Å². The van der Waals surface area contributed by atoms with Crippen molar-refractivity contribution in [1.29, 1.82) is 0 Å². The molecule has 21 heavy (non-hydrogen) atoms. The van der Waals surface area contributed by atoms with Crippen LogP contribution in [-0.2, 0) is 4.79 Å². The topological polar surface area (TPSA) is 61.0 Å². The van der Waals surface area contributed by atoms with Gasteiger partial charge in [0.1, 0.15) is 6.04 Å². The zero-order chi connectivity index (χ0) is 14.5. The highest BCUT2D eigenvalue weighted by molar-refractivity contribution is 7.99. The molecule has 1 aromatic heterocycles. The highest BCUT2D eigenvalue weighted by Gasteiger charge is 2.28. The number of carbonyl (C=O) groups excluding carboxylic acids is 1. The molecule has 0 bridgehead atoms. The van der Waals surface area contributed by atoms with Crippen LogP contribution < -0.4 is 5.32 Å². The average Bonchev–Trinajstić information content (AvgIpc) is 3.02. The Balaban J connectivity index is 1.82. The summed E-state index contributed by atoms with van der Waals surface area (Å²) in [5.74, 6) is 2.14.